The number of allylic oxidation sites excluding steroid dienone is 2. The lowest BCUT2D eigenvalue weighted by Gasteiger charge is -2.19. The van der Waals surface area contributed by atoms with E-state index in [2.05, 4.69) is 20.6 Å². The van der Waals surface area contributed by atoms with Crippen LogP contribution in [0.2, 0.25) is 0 Å². The van der Waals surface area contributed by atoms with Gasteiger partial charge in [-0.2, -0.15) is 0 Å². The zero-order chi connectivity index (χ0) is 23.8. The third-order valence-corrected chi connectivity index (χ3v) is 6.00. The fourth-order valence-corrected chi connectivity index (χ4v) is 4.08. The molecule has 1 aliphatic carbocycles. The van der Waals surface area contributed by atoms with Crippen molar-refractivity contribution in [2.75, 3.05) is 5.32 Å². The van der Waals surface area contributed by atoms with Gasteiger partial charge in [0.1, 0.15) is 28.5 Å². The predicted molar refractivity (Wildman–Crippen MR) is 128 cm³/mol. The van der Waals surface area contributed by atoms with Crippen molar-refractivity contribution in [3.05, 3.63) is 100 Å². The van der Waals surface area contributed by atoms with Crippen molar-refractivity contribution in [2.45, 2.75) is 6.54 Å². The van der Waals surface area contributed by atoms with Gasteiger partial charge in [0.15, 0.2) is 0 Å². The second-order valence-corrected chi connectivity index (χ2v) is 8.16. The molecule has 0 saturated heterocycles. The maximum Gasteiger partial charge on any atom is 0.256 e. The molecule has 34 heavy (non-hydrogen) atoms. The summed E-state index contributed by atoms with van der Waals surface area (Å²) in [6, 6.07) is 15.3. The highest BCUT2D eigenvalue weighted by atomic mass is 35.5. The highest BCUT2D eigenvalue weighted by Crippen LogP contribution is 2.27. The first-order valence-electron chi connectivity index (χ1n) is 10.4. The summed E-state index contributed by atoms with van der Waals surface area (Å²) in [7, 11) is 1.87. The Morgan fingerprint density at radius 3 is 2.41 bits per heavy atom. The second-order valence-electron chi connectivity index (χ2n) is 7.78. The maximum absolute atomic E-state index is 12.8. The molecule has 2 heterocycles. The smallest absolute Gasteiger partial charge is 0.256 e. The first-order chi connectivity index (χ1) is 16.4. The Morgan fingerprint density at radius 2 is 1.68 bits per heavy atom. The van der Waals surface area contributed by atoms with E-state index in [0.717, 1.165) is 16.6 Å². The third-order valence-electron chi connectivity index (χ3n) is 5.64. The average Bonchev–Trinajstić information content (AvgIpc) is 3.24. The van der Waals surface area contributed by atoms with Gasteiger partial charge in [0, 0.05) is 36.5 Å². The fourth-order valence-electron chi connectivity index (χ4n) is 3.82. The summed E-state index contributed by atoms with van der Waals surface area (Å²) in [5.41, 5.74) is 2.67. The molecular formula is C25H18ClN5O3. The van der Waals surface area contributed by atoms with E-state index in [-0.39, 0.29) is 34.7 Å². The molecule has 2 aromatic carbocycles. The first kappa shape index (κ1) is 21.5. The number of carbonyl (C=O) groups is 3. The number of halogens is 1. The van der Waals surface area contributed by atoms with Crippen LogP contribution in [0, 0.1) is 0 Å². The van der Waals surface area contributed by atoms with Crippen LogP contribution in [0.4, 0.5) is 5.82 Å². The largest absolute Gasteiger partial charge is 0.376 e. The molecule has 2 aromatic heterocycles. The van der Waals surface area contributed by atoms with E-state index >= 15 is 0 Å². The number of fused-ring (bicyclic) bond motifs is 2. The highest BCUT2D eigenvalue weighted by molar-refractivity contribution is 6.49. The van der Waals surface area contributed by atoms with Gasteiger partial charge in [-0.3, -0.25) is 14.4 Å². The van der Waals surface area contributed by atoms with Gasteiger partial charge in [-0.1, -0.05) is 48.0 Å². The standard InChI is InChI=1S/C25H18ClN5O3/c1-31-11-10-18-23(28-13-29-24(18)31)30-25(34)15-8-6-14(7-9-15)12-27-20-19(26)21(32)16-4-2-3-5-17(16)22(20)33/h2-11,13,27H,12H2,1H3,(H,28,29,30,34). The number of aryl methyl sites for hydroxylation is 1. The maximum atomic E-state index is 12.8. The van der Waals surface area contributed by atoms with Crippen molar-refractivity contribution >= 4 is 45.9 Å². The van der Waals surface area contributed by atoms with Gasteiger partial charge in [0.05, 0.1) is 5.39 Å². The minimum atomic E-state index is -0.386. The normalized spacial score (nSPS) is 13.2. The van der Waals surface area contributed by atoms with E-state index in [1.807, 2.05) is 23.9 Å². The number of carbonyl (C=O) groups excluding carboxylic acids is 3. The number of Topliss-reactive ketones (excluding diaryl/α,β-unsaturated/α-hetero) is 2. The Kier molecular flexibility index (Phi) is 5.43. The van der Waals surface area contributed by atoms with Gasteiger partial charge in [0.25, 0.3) is 5.91 Å². The molecule has 0 unspecified atom stereocenters. The molecule has 0 spiro atoms. The lowest BCUT2D eigenvalue weighted by atomic mass is 9.92. The number of nitrogens with one attached hydrogen (secondary N) is 2. The number of hydrogen-bond acceptors (Lipinski definition) is 6. The van der Waals surface area contributed by atoms with E-state index in [9.17, 15) is 14.4 Å². The Bertz CT molecular complexity index is 1500. The summed E-state index contributed by atoms with van der Waals surface area (Å²) in [6.07, 6.45) is 3.25. The van der Waals surface area contributed by atoms with Crippen molar-refractivity contribution in [1.82, 2.24) is 19.9 Å². The number of ketones is 2. The molecule has 0 saturated carbocycles. The number of aromatic nitrogens is 3. The molecule has 1 amide bonds. The summed E-state index contributed by atoms with van der Waals surface area (Å²) < 4.78 is 1.85. The third kappa shape index (κ3) is 3.74. The minimum absolute atomic E-state index is 0.0721. The summed E-state index contributed by atoms with van der Waals surface area (Å²) in [5, 5.41) is 6.41. The van der Waals surface area contributed by atoms with E-state index in [0.29, 0.717) is 22.5 Å². The molecule has 0 atom stereocenters. The summed E-state index contributed by atoms with van der Waals surface area (Å²) in [5.74, 6) is -0.584. The van der Waals surface area contributed by atoms with Crippen LogP contribution in [0.15, 0.2) is 77.9 Å². The Balaban J connectivity index is 1.28. The molecule has 5 rings (SSSR count). The van der Waals surface area contributed by atoms with Crippen LogP contribution in [0.1, 0.15) is 36.6 Å². The van der Waals surface area contributed by atoms with Crippen molar-refractivity contribution in [2.24, 2.45) is 7.05 Å². The Labute approximate surface area is 199 Å². The van der Waals surface area contributed by atoms with E-state index in [1.54, 1.807) is 48.5 Å². The van der Waals surface area contributed by atoms with Crippen LogP contribution in [0.3, 0.4) is 0 Å². The molecule has 9 heteroatoms. The monoisotopic (exact) mass is 471 g/mol. The average molecular weight is 472 g/mol. The van der Waals surface area contributed by atoms with E-state index in [1.165, 1.54) is 6.33 Å². The first-order valence-corrected chi connectivity index (χ1v) is 10.8. The molecule has 168 valence electrons. The molecule has 0 aliphatic heterocycles. The molecule has 8 nitrogen and oxygen atoms in total. The number of nitrogens with zero attached hydrogens (tertiary/aromatic N) is 3. The van der Waals surface area contributed by atoms with Gasteiger partial charge >= 0.3 is 0 Å². The van der Waals surface area contributed by atoms with Gasteiger partial charge in [-0.05, 0) is 23.8 Å². The van der Waals surface area contributed by atoms with Crippen LogP contribution in [-0.2, 0) is 13.6 Å². The molecule has 2 N–H and O–H groups in total. The van der Waals surface area contributed by atoms with Gasteiger partial charge in [-0.25, -0.2) is 9.97 Å². The lowest BCUT2D eigenvalue weighted by Crippen LogP contribution is -2.28. The second kappa shape index (κ2) is 8.57. The topological polar surface area (TPSA) is 106 Å². The van der Waals surface area contributed by atoms with Gasteiger partial charge < -0.3 is 15.2 Å². The van der Waals surface area contributed by atoms with Crippen LogP contribution >= 0.6 is 11.6 Å². The Morgan fingerprint density at radius 1 is 0.971 bits per heavy atom. The SMILES string of the molecule is Cn1ccc2c(NC(=O)c3ccc(CNC4=C(Cl)C(=O)c5ccccc5C4=O)cc3)ncnc21. The van der Waals surface area contributed by atoms with Crippen molar-refractivity contribution in [3.8, 4) is 0 Å². The fraction of sp³-hybridized carbons (Fsp3) is 0.0800. The van der Waals surface area contributed by atoms with Crippen LogP contribution in [0.25, 0.3) is 11.0 Å². The zero-order valence-corrected chi connectivity index (χ0v) is 18.8. The molecule has 0 radical (unpaired) electrons. The minimum Gasteiger partial charge on any atom is -0.376 e. The zero-order valence-electron chi connectivity index (χ0n) is 18.0. The van der Waals surface area contributed by atoms with Crippen molar-refractivity contribution in [1.29, 1.82) is 0 Å². The summed E-state index contributed by atoms with van der Waals surface area (Å²) in [4.78, 5) is 46.4. The Hall–Kier alpha value is -4.30. The molecule has 0 bridgehead atoms. The van der Waals surface area contributed by atoms with Crippen LogP contribution in [0.5, 0.6) is 0 Å². The molecular weight excluding hydrogens is 454 g/mol. The van der Waals surface area contributed by atoms with Crippen molar-refractivity contribution in [3.63, 3.8) is 0 Å². The van der Waals surface area contributed by atoms with Gasteiger partial charge in [-0.15, -0.1) is 0 Å². The summed E-state index contributed by atoms with van der Waals surface area (Å²) >= 11 is 6.19. The lowest BCUT2D eigenvalue weighted by molar-refractivity contribution is 0.0974. The van der Waals surface area contributed by atoms with E-state index in [4.69, 9.17) is 11.6 Å². The van der Waals surface area contributed by atoms with Crippen LogP contribution in [-0.4, -0.2) is 32.0 Å². The molecule has 1 aliphatic rings. The molecule has 0 fully saturated rings. The van der Waals surface area contributed by atoms with Crippen LogP contribution < -0.4 is 10.6 Å². The number of anilines is 1. The number of hydrogen-bond donors (Lipinski definition) is 2. The quantitative estimate of drug-likeness (QED) is 0.458. The molecule has 4 aromatic rings. The summed E-state index contributed by atoms with van der Waals surface area (Å²) in [6.45, 7) is 0.255. The van der Waals surface area contributed by atoms with E-state index < -0.39 is 0 Å². The highest BCUT2D eigenvalue weighted by Gasteiger charge is 2.31. The van der Waals surface area contributed by atoms with Crippen molar-refractivity contribution < 1.29 is 14.4 Å². The predicted octanol–water partition coefficient (Wildman–Crippen LogP) is 3.84. The number of amides is 1. The van der Waals surface area contributed by atoms with Gasteiger partial charge in [0.2, 0.25) is 11.6 Å². The number of rotatable bonds is 5. The number of benzene rings is 2.